The van der Waals surface area contributed by atoms with Crippen LogP contribution in [0.3, 0.4) is 0 Å². The first-order chi connectivity index (χ1) is 9.56. The predicted octanol–water partition coefficient (Wildman–Crippen LogP) is 1.90. The molecule has 1 atom stereocenters. The molecule has 1 rings (SSSR count). The van der Waals surface area contributed by atoms with Gasteiger partial charge in [-0.25, -0.2) is 4.98 Å². The van der Waals surface area contributed by atoms with Gasteiger partial charge in [0.1, 0.15) is 5.82 Å². The Balaban J connectivity index is 2.33. The van der Waals surface area contributed by atoms with Gasteiger partial charge in [-0.15, -0.1) is 0 Å². The number of hydrogen-bond donors (Lipinski definition) is 2. The lowest BCUT2D eigenvalue weighted by molar-refractivity contribution is 0.0937. The van der Waals surface area contributed by atoms with Crippen molar-refractivity contribution in [3.63, 3.8) is 0 Å². The van der Waals surface area contributed by atoms with E-state index >= 15 is 0 Å². The Hall–Kier alpha value is -1.62. The van der Waals surface area contributed by atoms with Crippen molar-refractivity contribution >= 4 is 11.7 Å². The van der Waals surface area contributed by atoms with Crippen molar-refractivity contribution in [2.75, 3.05) is 25.4 Å². The third kappa shape index (κ3) is 5.57. The number of anilines is 1. The molecule has 0 saturated carbocycles. The molecule has 0 saturated heterocycles. The van der Waals surface area contributed by atoms with Crippen LogP contribution in [0.15, 0.2) is 18.3 Å². The van der Waals surface area contributed by atoms with Crippen molar-refractivity contribution in [3.05, 3.63) is 23.9 Å². The van der Waals surface area contributed by atoms with Crippen molar-refractivity contribution in [1.82, 2.24) is 15.2 Å². The molecular weight excluding hydrogens is 252 g/mol. The Labute approximate surface area is 121 Å². The number of aromatic nitrogens is 1. The minimum atomic E-state index is -0.0900. The van der Waals surface area contributed by atoms with Crippen LogP contribution in [0.2, 0.25) is 0 Å². The molecule has 0 aliphatic heterocycles. The quantitative estimate of drug-likeness (QED) is 0.762. The average molecular weight is 278 g/mol. The van der Waals surface area contributed by atoms with Crippen molar-refractivity contribution in [2.45, 2.75) is 39.7 Å². The second-order valence-electron chi connectivity index (χ2n) is 5.02. The molecule has 1 unspecified atom stereocenters. The second-order valence-corrected chi connectivity index (χ2v) is 5.02. The highest BCUT2D eigenvalue weighted by atomic mass is 16.1. The molecule has 0 bridgehead atoms. The molecule has 0 radical (unpaired) electrons. The SMILES string of the molecule is CCN(CC)CCCC(C)NC(=O)c1ccc(N)nc1. The van der Waals surface area contributed by atoms with Crippen molar-refractivity contribution in [1.29, 1.82) is 0 Å². The van der Waals surface area contributed by atoms with Gasteiger partial charge in [-0.3, -0.25) is 4.79 Å². The summed E-state index contributed by atoms with van der Waals surface area (Å²) in [6, 6.07) is 3.50. The van der Waals surface area contributed by atoms with E-state index in [2.05, 4.69) is 29.0 Å². The molecule has 0 aromatic carbocycles. The van der Waals surface area contributed by atoms with Crippen LogP contribution < -0.4 is 11.1 Å². The predicted molar refractivity (Wildman–Crippen MR) is 82.6 cm³/mol. The third-order valence-electron chi connectivity index (χ3n) is 3.43. The molecular formula is C15H26N4O. The molecule has 112 valence electrons. The van der Waals surface area contributed by atoms with Gasteiger partial charge in [0, 0.05) is 12.2 Å². The van der Waals surface area contributed by atoms with E-state index in [4.69, 9.17) is 5.73 Å². The molecule has 0 spiro atoms. The number of nitrogens with zero attached hydrogens (tertiary/aromatic N) is 2. The van der Waals surface area contributed by atoms with Crippen LogP contribution in [0, 0.1) is 0 Å². The number of nitrogens with two attached hydrogens (primary N) is 1. The van der Waals surface area contributed by atoms with Crippen LogP contribution in [-0.2, 0) is 0 Å². The van der Waals surface area contributed by atoms with E-state index in [1.165, 1.54) is 6.20 Å². The highest BCUT2D eigenvalue weighted by Gasteiger charge is 2.10. The number of nitrogen functional groups attached to an aromatic ring is 1. The van der Waals surface area contributed by atoms with Gasteiger partial charge in [-0.2, -0.15) is 0 Å². The summed E-state index contributed by atoms with van der Waals surface area (Å²) in [5.41, 5.74) is 6.05. The molecule has 0 aliphatic rings. The first kappa shape index (κ1) is 16.4. The summed E-state index contributed by atoms with van der Waals surface area (Å²) in [5, 5.41) is 2.99. The Kier molecular flexibility index (Phi) is 7.01. The molecule has 0 aliphatic carbocycles. The van der Waals surface area contributed by atoms with Crippen LogP contribution in [0.25, 0.3) is 0 Å². The third-order valence-corrected chi connectivity index (χ3v) is 3.43. The summed E-state index contributed by atoms with van der Waals surface area (Å²) in [4.78, 5) is 18.3. The topological polar surface area (TPSA) is 71.2 Å². The van der Waals surface area contributed by atoms with Crippen molar-refractivity contribution < 1.29 is 4.79 Å². The maximum Gasteiger partial charge on any atom is 0.253 e. The highest BCUT2D eigenvalue weighted by molar-refractivity contribution is 5.94. The van der Waals surface area contributed by atoms with Crippen LogP contribution in [0.4, 0.5) is 5.82 Å². The number of carbonyl (C=O) groups excluding carboxylic acids is 1. The van der Waals surface area contributed by atoms with E-state index in [0.29, 0.717) is 11.4 Å². The minimum Gasteiger partial charge on any atom is -0.384 e. The Bertz CT molecular complexity index is 401. The molecule has 20 heavy (non-hydrogen) atoms. The van der Waals surface area contributed by atoms with Crippen molar-refractivity contribution in [2.24, 2.45) is 0 Å². The van der Waals surface area contributed by atoms with Gasteiger partial charge < -0.3 is 16.0 Å². The van der Waals surface area contributed by atoms with E-state index in [0.717, 1.165) is 32.5 Å². The van der Waals surface area contributed by atoms with Gasteiger partial charge in [0.15, 0.2) is 0 Å². The molecule has 1 heterocycles. The van der Waals surface area contributed by atoms with Crippen LogP contribution in [0.1, 0.15) is 44.0 Å². The molecule has 0 fully saturated rings. The van der Waals surface area contributed by atoms with Gasteiger partial charge >= 0.3 is 0 Å². The number of carbonyl (C=O) groups is 1. The summed E-state index contributed by atoms with van der Waals surface area (Å²) in [5.74, 6) is 0.335. The molecule has 1 amide bonds. The van der Waals surface area contributed by atoms with Gasteiger partial charge in [-0.1, -0.05) is 13.8 Å². The molecule has 1 aromatic heterocycles. The standard InChI is InChI=1S/C15H26N4O/c1-4-19(5-2)10-6-7-12(3)18-15(20)13-8-9-14(16)17-11-13/h8-9,11-12H,4-7,10H2,1-3H3,(H2,16,17)(H,18,20). The zero-order valence-corrected chi connectivity index (χ0v) is 12.7. The van der Waals surface area contributed by atoms with Gasteiger partial charge in [0.05, 0.1) is 5.56 Å². The van der Waals surface area contributed by atoms with E-state index < -0.39 is 0 Å². The van der Waals surface area contributed by atoms with Crippen LogP contribution in [-0.4, -0.2) is 41.5 Å². The molecule has 5 heteroatoms. The maximum atomic E-state index is 12.0. The van der Waals surface area contributed by atoms with Crippen LogP contribution >= 0.6 is 0 Å². The van der Waals surface area contributed by atoms with Gasteiger partial charge in [0.2, 0.25) is 0 Å². The van der Waals surface area contributed by atoms with Crippen LogP contribution in [0.5, 0.6) is 0 Å². The zero-order chi connectivity index (χ0) is 15.0. The van der Waals surface area contributed by atoms with E-state index in [1.807, 2.05) is 6.92 Å². The number of nitrogens with one attached hydrogen (secondary N) is 1. The Morgan fingerprint density at radius 3 is 2.65 bits per heavy atom. The second kappa shape index (κ2) is 8.53. The number of hydrogen-bond acceptors (Lipinski definition) is 4. The lowest BCUT2D eigenvalue weighted by Gasteiger charge is -2.19. The van der Waals surface area contributed by atoms with E-state index in [-0.39, 0.29) is 11.9 Å². The number of rotatable bonds is 8. The number of amides is 1. The monoisotopic (exact) mass is 278 g/mol. The van der Waals surface area contributed by atoms with Gasteiger partial charge in [-0.05, 0) is 51.5 Å². The largest absolute Gasteiger partial charge is 0.384 e. The summed E-state index contributed by atoms with van der Waals surface area (Å²) >= 11 is 0. The fraction of sp³-hybridized carbons (Fsp3) is 0.600. The summed E-state index contributed by atoms with van der Waals surface area (Å²) in [6.45, 7) is 9.61. The minimum absolute atomic E-state index is 0.0900. The average Bonchev–Trinajstić information content (AvgIpc) is 2.44. The maximum absolute atomic E-state index is 12.0. The fourth-order valence-corrected chi connectivity index (χ4v) is 2.08. The van der Waals surface area contributed by atoms with E-state index in [1.54, 1.807) is 12.1 Å². The normalized spacial score (nSPS) is 12.4. The fourth-order valence-electron chi connectivity index (χ4n) is 2.08. The Morgan fingerprint density at radius 1 is 1.40 bits per heavy atom. The van der Waals surface area contributed by atoms with Crippen molar-refractivity contribution in [3.8, 4) is 0 Å². The zero-order valence-electron chi connectivity index (χ0n) is 12.7. The number of pyridine rings is 1. The molecule has 3 N–H and O–H groups in total. The summed E-state index contributed by atoms with van der Waals surface area (Å²) in [7, 11) is 0. The molecule has 5 nitrogen and oxygen atoms in total. The highest BCUT2D eigenvalue weighted by Crippen LogP contribution is 2.04. The first-order valence-electron chi connectivity index (χ1n) is 7.31. The lowest BCUT2D eigenvalue weighted by atomic mass is 10.1. The Morgan fingerprint density at radius 2 is 2.10 bits per heavy atom. The smallest absolute Gasteiger partial charge is 0.253 e. The summed E-state index contributed by atoms with van der Waals surface area (Å²) < 4.78 is 0. The van der Waals surface area contributed by atoms with E-state index in [9.17, 15) is 4.79 Å². The molecule has 1 aromatic rings. The summed E-state index contributed by atoms with van der Waals surface area (Å²) in [6.07, 6.45) is 3.57. The first-order valence-corrected chi connectivity index (χ1v) is 7.31. The lowest BCUT2D eigenvalue weighted by Crippen LogP contribution is -2.33. The van der Waals surface area contributed by atoms with Gasteiger partial charge in [0.25, 0.3) is 5.91 Å².